The smallest absolute Gasteiger partial charge is 0.423 e. The van der Waals surface area contributed by atoms with Crippen molar-refractivity contribution < 1.29 is 18.7 Å². The molecule has 1 amide bonds. The largest absolute Gasteiger partial charge is 0.495 e. The summed E-state index contributed by atoms with van der Waals surface area (Å²) in [5.74, 6) is 1.63. The highest BCUT2D eigenvalue weighted by molar-refractivity contribution is 6.74. The summed E-state index contributed by atoms with van der Waals surface area (Å²) >= 11 is 0. The van der Waals surface area contributed by atoms with Gasteiger partial charge < -0.3 is 13.9 Å². The first-order valence-electron chi connectivity index (χ1n) is 12.0. The number of nitrogens with zero attached hydrogens (tertiary/aromatic N) is 1. The first kappa shape index (κ1) is 22.9. The molecular formula is C28H33NO4Si. The minimum absolute atomic E-state index is 0.103. The Bertz CT molecular complexity index is 1350. The molecule has 3 aromatic rings. The van der Waals surface area contributed by atoms with Gasteiger partial charge in [0.25, 0.3) is 0 Å². The zero-order valence-electron chi connectivity index (χ0n) is 21.1. The fourth-order valence-electron chi connectivity index (χ4n) is 4.84. The molecule has 0 radical (unpaired) electrons. The predicted octanol–water partition coefficient (Wildman–Crippen LogP) is 7.86. The van der Waals surface area contributed by atoms with Crippen LogP contribution in [0, 0.1) is 0 Å². The quantitative estimate of drug-likeness (QED) is 0.278. The molecule has 0 saturated carbocycles. The molecule has 2 heterocycles. The number of amides is 1. The number of methoxy groups -OCH3 is 1. The molecule has 0 bridgehead atoms. The van der Waals surface area contributed by atoms with E-state index in [0.717, 1.165) is 50.5 Å². The Kier molecular flexibility index (Phi) is 5.30. The van der Waals surface area contributed by atoms with Crippen molar-refractivity contribution in [3.63, 3.8) is 0 Å². The topological polar surface area (TPSA) is 48.0 Å². The zero-order chi connectivity index (χ0) is 24.4. The third kappa shape index (κ3) is 3.27. The summed E-state index contributed by atoms with van der Waals surface area (Å²) in [6.45, 7) is 14.0. The van der Waals surface area contributed by atoms with Crippen molar-refractivity contribution in [3.05, 3.63) is 53.7 Å². The van der Waals surface area contributed by atoms with Gasteiger partial charge in [-0.05, 0) is 35.7 Å². The molecule has 6 heteroatoms. The third-order valence-electron chi connectivity index (χ3n) is 7.81. The van der Waals surface area contributed by atoms with Crippen LogP contribution in [0.15, 0.2) is 42.6 Å². The van der Waals surface area contributed by atoms with Crippen molar-refractivity contribution >= 4 is 41.6 Å². The van der Waals surface area contributed by atoms with E-state index in [1.807, 2.05) is 30.5 Å². The van der Waals surface area contributed by atoms with Crippen LogP contribution in [0.5, 0.6) is 11.5 Å². The molecule has 0 saturated heterocycles. The minimum Gasteiger partial charge on any atom is -0.495 e. The first-order chi connectivity index (χ1) is 16.1. The summed E-state index contributed by atoms with van der Waals surface area (Å²) in [5.41, 5.74) is 3.13. The Morgan fingerprint density at radius 1 is 1.12 bits per heavy atom. The second-order valence-electron chi connectivity index (χ2n) is 10.8. The van der Waals surface area contributed by atoms with Crippen LogP contribution in [0.3, 0.4) is 0 Å². The van der Waals surface area contributed by atoms with Gasteiger partial charge in [0.2, 0.25) is 0 Å². The molecule has 5 rings (SSSR count). The fourth-order valence-corrected chi connectivity index (χ4v) is 5.79. The molecule has 3 aromatic carbocycles. The van der Waals surface area contributed by atoms with E-state index in [9.17, 15) is 4.79 Å². The van der Waals surface area contributed by atoms with Crippen LogP contribution in [0.2, 0.25) is 18.1 Å². The van der Waals surface area contributed by atoms with Gasteiger partial charge in [0.15, 0.2) is 14.1 Å². The molecule has 0 N–H and O–H groups in total. The number of ether oxygens (including phenoxy) is 2. The number of carbonyl (C=O) groups is 1. The fraction of sp³-hybridized carbons (Fsp3) is 0.393. The van der Waals surface area contributed by atoms with Crippen molar-refractivity contribution in [1.29, 1.82) is 0 Å². The number of anilines is 1. The molecule has 0 spiro atoms. The molecule has 34 heavy (non-hydrogen) atoms. The average Bonchev–Trinajstić information content (AvgIpc) is 2.80. The van der Waals surface area contributed by atoms with Crippen molar-refractivity contribution in [3.8, 4) is 11.5 Å². The Balaban J connectivity index is 1.87. The van der Waals surface area contributed by atoms with Crippen LogP contribution in [-0.2, 0) is 11.0 Å². The van der Waals surface area contributed by atoms with Crippen molar-refractivity contribution in [1.82, 2.24) is 0 Å². The van der Waals surface area contributed by atoms with Gasteiger partial charge in [-0.25, -0.2) is 4.79 Å². The van der Waals surface area contributed by atoms with E-state index in [0.29, 0.717) is 12.4 Å². The van der Waals surface area contributed by atoms with Gasteiger partial charge in [-0.3, -0.25) is 4.90 Å². The number of fused-ring (bicyclic) bond motifs is 2. The van der Waals surface area contributed by atoms with E-state index < -0.39 is 8.32 Å². The molecule has 2 aliphatic rings. The minimum atomic E-state index is -1.99. The van der Waals surface area contributed by atoms with Crippen LogP contribution in [-0.4, -0.2) is 21.5 Å². The van der Waals surface area contributed by atoms with Gasteiger partial charge in [0.05, 0.1) is 24.8 Å². The monoisotopic (exact) mass is 475 g/mol. The van der Waals surface area contributed by atoms with E-state index in [1.165, 1.54) is 0 Å². The molecule has 178 valence electrons. The predicted molar refractivity (Wildman–Crippen MR) is 141 cm³/mol. The van der Waals surface area contributed by atoms with E-state index in [-0.39, 0.29) is 17.0 Å². The number of rotatable bonds is 5. The molecule has 0 aliphatic carbocycles. The molecule has 1 unspecified atom stereocenters. The highest BCUT2D eigenvalue weighted by atomic mass is 28.4. The maximum Gasteiger partial charge on any atom is 0.423 e. The summed E-state index contributed by atoms with van der Waals surface area (Å²) in [5, 5.41) is 3.82. The van der Waals surface area contributed by atoms with Gasteiger partial charge in [0, 0.05) is 28.3 Å². The van der Waals surface area contributed by atoms with Gasteiger partial charge in [-0.15, -0.1) is 0 Å². The van der Waals surface area contributed by atoms with Crippen LogP contribution < -0.4 is 14.4 Å². The number of benzene rings is 3. The van der Waals surface area contributed by atoms with Gasteiger partial charge in [-0.1, -0.05) is 64.1 Å². The summed E-state index contributed by atoms with van der Waals surface area (Å²) < 4.78 is 18.7. The Hall–Kier alpha value is -2.83. The van der Waals surface area contributed by atoms with Crippen molar-refractivity contribution in [2.24, 2.45) is 0 Å². The van der Waals surface area contributed by atoms with E-state index in [4.69, 9.17) is 13.9 Å². The lowest BCUT2D eigenvalue weighted by Crippen LogP contribution is -2.40. The second-order valence-corrected chi connectivity index (χ2v) is 15.6. The van der Waals surface area contributed by atoms with Crippen molar-refractivity contribution in [2.75, 3.05) is 12.0 Å². The number of hydrogen-bond donors (Lipinski definition) is 0. The van der Waals surface area contributed by atoms with Gasteiger partial charge in [-0.2, -0.15) is 0 Å². The lowest BCUT2D eigenvalue weighted by atomic mass is 9.85. The summed E-state index contributed by atoms with van der Waals surface area (Å²) in [6.07, 6.45) is 4.52. The number of allylic oxidation sites excluding steroid dienone is 1. The van der Waals surface area contributed by atoms with E-state index in [2.05, 4.69) is 52.9 Å². The SMILES string of the molecule is CCC1C=CN2C(=O)Oc3c4ccccc4c(OC)c4c(CO[Si](C)(C)C(C)(C)C)cc1c2c34. The van der Waals surface area contributed by atoms with Crippen LogP contribution >= 0.6 is 0 Å². The number of carbonyl (C=O) groups excluding carboxylic acids is 1. The molecule has 2 aliphatic heterocycles. The normalized spacial score (nSPS) is 17.4. The molecule has 0 aromatic heterocycles. The average molecular weight is 476 g/mol. The maximum absolute atomic E-state index is 13.1. The molecule has 5 nitrogen and oxygen atoms in total. The number of hydrogen-bond acceptors (Lipinski definition) is 4. The van der Waals surface area contributed by atoms with Crippen molar-refractivity contribution in [2.45, 2.75) is 64.8 Å². The van der Waals surface area contributed by atoms with Gasteiger partial charge in [0.1, 0.15) is 5.75 Å². The molecular weight excluding hydrogens is 442 g/mol. The molecule has 1 atom stereocenters. The third-order valence-corrected chi connectivity index (χ3v) is 12.3. The maximum atomic E-state index is 13.1. The Morgan fingerprint density at radius 2 is 1.82 bits per heavy atom. The lowest BCUT2D eigenvalue weighted by molar-refractivity contribution is 0.210. The Morgan fingerprint density at radius 3 is 2.47 bits per heavy atom. The highest BCUT2D eigenvalue weighted by Gasteiger charge is 2.39. The zero-order valence-corrected chi connectivity index (χ0v) is 22.1. The lowest BCUT2D eigenvalue weighted by Gasteiger charge is -2.37. The van der Waals surface area contributed by atoms with E-state index in [1.54, 1.807) is 12.0 Å². The summed E-state index contributed by atoms with van der Waals surface area (Å²) in [6, 6.07) is 10.2. The van der Waals surface area contributed by atoms with Gasteiger partial charge >= 0.3 is 6.09 Å². The first-order valence-corrected chi connectivity index (χ1v) is 14.9. The summed E-state index contributed by atoms with van der Waals surface area (Å²) in [7, 11) is -0.280. The summed E-state index contributed by atoms with van der Waals surface area (Å²) in [4.78, 5) is 14.7. The van der Waals surface area contributed by atoms with Crippen LogP contribution in [0.1, 0.15) is 51.2 Å². The van der Waals surface area contributed by atoms with E-state index >= 15 is 0 Å². The van der Waals surface area contributed by atoms with Crippen LogP contribution in [0.25, 0.3) is 21.5 Å². The highest BCUT2D eigenvalue weighted by Crippen LogP contribution is 2.54. The standard InChI is InChI=1S/C28H33NO4Si/c1-8-17-13-14-29-24-21(17)15-18(16-32-34(6,7)28(2,3)4)22-23(24)26(33-27(29)30)20-12-10-9-11-19(20)25(22)31-5/h9-15,17H,8,16H2,1-7H3. The molecule has 0 fully saturated rings. The second kappa shape index (κ2) is 7.85. The Labute approximate surface area is 202 Å². The van der Waals surface area contributed by atoms with Crippen LogP contribution in [0.4, 0.5) is 10.5 Å².